The van der Waals surface area contributed by atoms with Crippen LogP contribution in [0.15, 0.2) is 18.3 Å². The highest BCUT2D eigenvalue weighted by Gasteiger charge is 2.27. The quantitative estimate of drug-likeness (QED) is 0.665. The van der Waals surface area contributed by atoms with Crippen LogP contribution in [0.25, 0.3) is 0 Å². The molecule has 0 bridgehead atoms. The van der Waals surface area contributed by atoms with Gasteiger partial charge in [0.05, 0.1) is 11.9 Å². The van der Waals surface area contributed by atoms with E-state index in [1.165, 1.54) is 37.9 Å². The van der Waals surface area contributed by atoms with Crippen molar-refractivity contribution >= 4 is 0 Å². The second kappa shape index (κ2) is 8.26. The molecule has 0 fully saturated rings. The zero-order chi connectivity index (χ0) is 14.1. The molecule has 1 aromatic heterocycles. The Morgan fingerprint density at radius 3 is 2.37 bits per heavy atom. The van der Waals surface area contributed by atoms with Crippen LogP contribution in [-0.4, -0.2) is 10.1 Å². The van der Waals surface area contributed by atoms with Gasteiger partial charge >= 0.3 is 0 Å². The number of unbranched alkanes of at least 4 members (excludes halogenated alkanes) is 5. The van der Waals surface area contributed by atoms with Gasteiger partial charge in [-0.05, 0) is 25.0 Å². The third-order valence-electron chi connectivity index (χ3n) is 3.73. The van der Waals surface area contributed by atoms with Gasteiger partial charge in [0.15, 0.2) is 0 Å². The van der Waals surface area contributed by atoms with Gasteiger partial charge in [-0.1, -0.05) is 52.4 Å². The van der Waals surface area contributed by atoms with Crippen LogP contribution < -0.4 is 0 Å². The van der Waals surface area contributed by atoms with Crippen molar-refractivity contribution < 1.29 is 9.50 Å². The van der Waals surface area contributed by atoms with E-state index in [0.29, 0.717) is 18.5 Å². The Kier molecular flexibility index (Phi) is 7.00. The van der Waals surface area contributed by atoms with Gasteiger partial charge in [-0.2, -0.15) is 0 Å². The van der Waals surface area contributed by atoms with Crippen molar-refractivity contribution in [3.05, 3.63) is 29.8 Å². The van der Waals surface area contributed by atoms with Crippen LogP contribution in [0.2, 0.25) is 0 Å². The Morgan fingerprint density at radius 1 is 1.11 bits per heavy atom. The van der Waals surface area contributed by atoms with E-state index in [1.54, 1.807) is 6.07 Å². The predicted molar refractivity (Wildman–Crippen MR) is 76.4 cm³/mol. The summed E-state index contributed by atoms with van der Waals surface area (Å²) in [6, 6.07) is 2.96. The van der Waals surface area contributed by atoms with Crippen LogP contribution in [0.4, 0.5) is 4.39 Å². The molecule has 2 nitrogen and oxygen atoms in total. The molecule has 0 aliphatic rings. The van der Waals surface area contributed by atoms with E-state index in [0.717, 1.165) is 12.8 Å². The summed E-state index contributed by atoms with van der Waals surface area (Å²) >= 11 is 0. The second-order valence-corrected chi connectivity index (χ2v) is 5.26. The van der Waals surface area contributed by atoms with E-state index >= 15 is 0 Å². The van der Waals surface area contributed by atoms with Crippen molar-refractivity contribution in [2.45, 2.75) is 70.8 Å². The molecule has 1 aromatic rings. The average molecular weight is 267 g/mol. The Hall–Kier alpha value is -0.960. The monoisotopic (exact) mass is 267 g/mol. The number of hydrogen-bond donors (Lipinski definition) is 1. The van der Waals surface area contributed by atoms with E-state index in [1.807, 2.05) is 6.92 Å². The lowest BCUT2D eigenvalue weighted by Gasteiger charge is -2.26. The highest BCUT2D eigenvalue weighted by atomic mass is 19.1. The fourth-order valence-electron chi connectivity index (χ4n) is 2.33. The molecule has 0 radical (unpaired) electrons. The number of pyridine rings is 1. The molecule has 0 saturated heterocycles. The first-order valence-corrected chi connectivity index (χ1v) is 7.47. The van der Waals surface area contributed by atoms with Crippen LogP contribution >= 0.6 is 0 Å². The maximum atomic E-state index is 12.9. The van der Waals surface area contributed by atoms with Gasteiger partial charge in [-0.25, -0.2) is 4.39 Å². The minimum Gasteiger partial charge on any atom is -0.384 e. The minimum atomic E-state index is -0.904. The zero-order valence-electron chi connectivity index (χ0n) is 12.2. The Balaban J connectivity index is 2.44. The van der Waals surface area contributed by atoms with Crippen LogP contribution in [-0.2, 0) is 5.60 Å². The first-order valence-electron chi connectivity index (χ1n) is 7.47. The summed E-state index contributed by atoms with van der Waals surface area (Å²) in [6.07, 6.45) is 9.67. The summed E-state index contributed by atoms with van der Waals surface area (Å²) < 4.78 is 12.9. The summed E-state index contributed by atoms with van der Waals surface area (Å²) in [5, 5.41) is 10.6. The Labute approximate surface area is 116 Å². The second-order valence-electron chi connectivity index (χ2n) is 5.26. The van der Waals surface area contributed by atoms with Crippen molar-refractivity contribution in [2.75, 3.05) is 0 Å². The molecule has 1 N–H and O–H groups in total. The number of aliphatic hydroxyl groups is 1. The molecular weight excluding hydrogens is 241 g/mol. The standard InChI is InChI=1S/C16H26FNO/c1-3-5-6-7-8-9-12-16(19,4-2)15-11-10-14(17)13-18-15/h10-11,13,19H,3-9,12H2,1-2H3. The molecule has 19 heavy (non-hydrogen) atoms. The largest absolute Gasteiger partial charge is 0.384 e. The van der Waals surface area contributed by atoms with E-state index in [-0.39, 0.29) is 5.82 Å². The summed E-state index contributed by atoms with van der Waals surface area (Å²) in [6.45, 7) is 4.15. The molecule has 1 rings (SSSR count). The van der Waals surface area contributed by atoms with Gasteiger partial charge in [0.1, 0.15) is 11.4 Å². The molecule has 1 heterocycles. The Bertz CT molecular complexity index is 352. The van der Waals surface area contributed by atoms with E-state index in [2.05, 4.69) is 11.9 Å². The third kappa shape index (κ3) is 5.27. The smallest absolute Gasteiger partial charge is 0.141 e. The van der Waals surface area contributed by atoms with Crippen LogP contribution in [0.3, 0.4) is 0 Å². The van der Waals surface area contributed by atoms with Gasteiger partial charge in [0.2, 0.25) is 0 Å². The van der Waals surface area contributed by atoms with Crippen molar-refractivity contribution in [3.63, 3.8) is 0 Å². The fourth-order valence-corrected chi connectivity index (χ4v) is 2.33. The first-order chi connectivity index (χ1) is 9.12. The van der Waals surface area contributed by atoms with Gasteiger partial charge in [0, 0.05) is 0 Å². The lowest BCUT2D eigenvalue weighted by atomic mass is 9.89. The molecule has 0 amide bonds. The molecular formula is C16H26FNO. The van der Waals surface area contributed by atoms with Crippen LogP contribution in [0, 0.1) is 5.82 Å². The lowest BCUT2D eigenvalue weighted by molar-refractivity contribution is 0.0163. The summed E-state index contributed by atoms with van der Waals surface area (Å²) in [5.74, 6) is -0.359. The SMILES string of the molecule is CCCCCCCCC(O)(CC)c1ccc(F)cn1. The van der Waals surface area contributed by atoms with Gasteiger partial charge in [-0.15, -0.1) is 0 Å². The normalized spacial score (nSPS) is 14.3. The van der Waals surface area contributed by atoms with Gasteiger partial charge in [-0.3, -0.25) is 4.98 Å². The average Bonchev–Trinajstić information content (AvgIpc) is 2.43. The predicted octanol–water partition coefficient (Wildman–Crippen LogP) is 4.57. The first kappa shape index (κ1) is 16.1. The lowest BCUT2D eigenvalue weighted by Crippen LogP contribution is -2.26. The molecule has 0 spiro atoms. The highest BCUT2D eigenvalue weighted by molar-refractivity contribution is 5.13. The number of hydrogen-bond acceptors (Lipinski definition) is 2. The maximum absolute atomic E-state index is 12.9. The van der Waals surface area contributed by atoms with Crippen LogP contribution in [0.5, 0.6) is 0 Å². The molecule has 3 heteroatoms. The summed E-state index contributed by atoms with van der Waals surface area (Å²) in [7, 11) is 0. The molecule has 1 unspecified atom stereocenters. The van der Waals surface area contributed by atoms with Gasteiger partial charge in [0.25, 0.3) is 0 Å². The fraction of sp³-hybridized carbons (Fsp3) is 0.688. The zero-order valence-corrected chi connectivity index (χ0v) is 12.2. The minimum absolute atomic E-state index is 0.359. The molecule has 1 atom stereocenters. The highest BCUT2D eigenvalue weighted by Crippen LogP contribution is 2.29. The summed E-state index contributed by atoms with van der Waals surface area (Å²) in [4.78, 5) is 4.02. The molecule has 0 aromatic carbocycles. The van der Waals surface area contributed by atoms with E-state index in [4.69, 9.17) is 0 Å². The van der Waals surface area contributed by atoms with E-state index < -0.39 is 5.60 Å². The molecule has 0 saturated carbocycles. The number of halogens is 1. The van der Waals surface area contributed by atoms with Crippen molar-refractivity contribution in [2.24, 2.45) is 0 Å². The molecule has 0 aliphatic heterocycles. The topological polar surface area (TPSA) is 33.1 Å². The summed E-state index contributed by atoms with van der Waals surface area (Å²) in [5.41, 5.74) is -0.316. The number of rotatable bonds is 9. The number of nitrogens with zero attached hydrogens (tertiary/aromatic N) is 1. The van der Waals surface area contributed by atoms with Crippen molar-refractivity contribution in [1.82, 2.24) is 4.98 Å². The van der Waals surface area contributed by atoms with Gasteiger partial charge < -0.3 is 5.11 Å². The van der Waals surface area contributed by atoms with Crippen molar-refractivity contribution in [3.8, 4) is 0 Å². The molecule has 108 valence electrons. The van der Waals surface area contributed by atoms with Crippen LogP contribution in [0.1, 0.15) is 70.9 Å². The van der Waals surface area contributed by atoms with E-state index in [9.17, 15) is 9.50 Å². The molecule has 0 aliphatic carbocycles. The Morgan fingerprint density at radius 2 is 1.79 bits per heavy atom. The third-order valence-corrected chi connectivity index (χ3v) is 3.73. The van der Waals surface area contributed by atoms with Crippen molar-refractivity contribution in [1.29, 1.82) is 0 Å². The number of aromatic nitrogens is 1. The maximum Gasteiger partial charge on any atom is 0.141 e.